The fourth-order valence-corrected chi connectivity index (χ4v) is 2.32. The molecule has 1 aliphatic carbocycles. The third-order valence-electron chi connectivity index (χ3n) is 3.43. The van der Waals surface area contributed by atoms with Gasteiger partial charge in [0.2, 0.25) is 6.29 Å². The molecule has 1 heterocycles. The second-order valence-electron chi connectivity index (χ2n) is 4.79. The summed E-state index contributed by atoms with van der Waals surface area (Å²) in [6.07, 6.45) is -3.66. The first-order valence-electron chi connectivity index (χ1n) is 5.92. The van der Waals surface area contributed by atoms with Gasteiger partial charge in [0.1, 0.15) is 5.60 Å². The Hall–Kier alpha value is -0.760. The highest BCUT2D eigenvalue weighted by atomic mass is 19.4. The average Bonchev–Trinajstić information content (AvgIpc) is 2.59. The molecule has 19 heavy (non-hydrogen) atoms. The Balaban J connectivity index is 0.000000258. The first-order chi connectivity index (χ1) is 8.62. The Bertz CT molecular complexity index is 311. The molecule has 0 aromatic heterocycles. The van der Waals surface area contributed by atoms with E-state index in [4.69, 9.17) is 15.3 Å². The van der Waals surface area contributed by atoms with Crippen LogP contribution in [0, 0.1) is 0 Å². The number of rotatable bonds is 0. The smallest absolute Gasteiger partial charge is 0.368 e. The lowest BCUT2D eigenvalue weighted by atomic mass is 9.78. The van der Waals surface area contributed by atoms with E-state index in [1.807, 2.05) is 0 Å². The molecule has 0 amide bonds. The van der Waals surface area contributed by atoms with Gasteiger partial charge in [0.25, 0.3) is 5.92 Å². The van der Waals surface area contributed by atoms with E-state index >= 15 is 0 Å². The van der Waals surface area contributed by atoms with Gasteiger partial charge < -0.3 is 10.5 Å². The lowest BCUT2D eigenvalue weighted by molar-refractivity contribution is -0.163. The van der Waals surface area contributed by atoms with Crippen LogP contribution in [-0.4, -0.2) is 36.6 Å². The molecule has 0 unspecified atom stereocenters. The molecule has 1 spiro atoms. The summed E-state index contributed by atoms with van der Waals surface area (Å²) in [5.41, 5.74) is 4.51. The van der Waals surface area contributed by atoms with Crippen LogP contribution in [0.5, 0.6) is 0 Å². The topological polar surface area (TPSA) is 52.3 Å². The third kappa shape index (κ3) is 4.10. The fourth-order valence-electron chi connectivity index (χ4n) is 2.32. The molecule has 3 nitrogen and oxygen atoms in total. The second kappa shape index (κ2) is 5.70. The molecule has 2 rings (SSSR count). The summed E-state index contributed by atoms with van der Waals surface area (Å²) in [7, 11) is 0. The number of halogens is 5. The number of ether oxygens (including phenoxy) is 1. The summed E-state index contributed by atoms with van der Waals surface area (Å²) in [4.78, 5) is 8.70. The molecule has 8 heteroatoms. The Kier molecular flexibility index (Phi) is 4.89. The number of carbonyl (C=O) groups is 1. The second-order valence-corrected chi connectivity index (χ2v) is 4.79. The monoisotopic (exact) mass is 289 g/mol. The standard InChI is InChI=1S/C9H15F2NO.C2HF3O/c10-9(11)5-6-13-8(9)3-1-7(12)2-4-8;3-2(4,5)1-6/h7H,1-6,12H2;1H. The molecule has 0 aromatic rings. The van der Waals surface area contributed by atoms with Crippen LogP contribution in [0.3, 0.4) is 0 Å². The zero-order chi connectivity index (χ0) is 14.7. The molecule has 1 saturated carbocycles. The number of hydrogen-bond donors (Lipinski definition) is 1. The van der Waals surface area contributed by atoms with Crippen LogP contribution < -0.4 is 5.73 Å². The summed E-state index contributed by atoms with van der Waals surface area (Å²) in [5, 5.41) is 0. The zero-order valence-electron chi connectivity index (χ0n) is 10.2. The van der Waals surface area contributed by atoms with Gasteiger partial charge in [-0.05, 0) is 25.7 Å². The minimum atomic E-state index is -4.64. The van der Waals surface area contributed by atoms with Gasteiger partial charge >= 0.3 is 6.18 Å². The van der Waals surface area contributed by atoms with Crippen LogP contribution >= 0.6 is 0 Å². The van der Waals surface area contributed by atoms with Crippen molar-refractivity contribution < 1.29 is 31.5 Å². The number of nitrogens with two attached hydrogens (primary N) is 1. The first kappa shape index (κ1) is 16.3. The molecule has 0 aromatic carbocycles. The maximum absolute atomic E-state index is 13.4. The van der Waals surface area contributed by atoms with E-state index in [0.717, 1.165) is 0 Å². The van der Waals surface area contributed by atoms with Crippen molar-refractivity contribution in [3.8, 4) is 0 Å². The van der Waals surface area contributed by atoms with Crippen molar-refractivity contribution >= 4 is 6.29 Å². The summed E-state index contributed by atoms with van der Waals surface area (Å²) >= 11 is 0. The normalized spacial score (nSPS) is 33.7. The molecule has 112 valence electrons. The van der Waals surface area contributed by atoms with E-state index in [0.29, 0.717) is 25.7 Å². The van der Waals surface area contributed by atoms with Crippen molar-refractivity contribution in [3.05, 3.63) is 0 Å². The highest BCUT2D eigenvalue weighted by molar-refractivity contribution is 5.56. The Morgan fingerprint density at radius 1 is 1.16 bits per heavy atom. The summed E-state index contributed by atoms with van der Waals surface area (Å²) in [5.74, 6) is -2.63. The van der Waals surface area contributed by atoms with Crippen LogP contribution in [0.4, 0.5) is 22.0 Å². The van der Waals surface area contributed by atoms with E-state index in [2.05, 4.69) is 0 Å². The van der Waals surface area contributed by atoms with Gasteiger partial charge in [0, 0.05) is 12.5 Å². The molecule has 1 saturated heterocycles. The van der Waals surface area contributed by atoms with E-state index < -0.39 is 24.0 Å². The number of carbonyl (C=O) groups excluding carboxylic acids is 1. The van der Waals surface area contributed by atoms with Crippen molar-refractivity contribution in [2.45, 2.75) is 55.8 Å². The van der Waals surface area contributed by atoms with E-state index in [1.54, 1.807) is 0 Å². The van der Waals surface area contributed by atoms with Crippen LogP contribution in [-0.2, 0) is 9.53 Å². The van der Waals surface area contributed by atoms with Crippen molar-refractivity contribution in [1.29, 1.82) is 0 Å². The molecule has 2 N–H and O–H groups in total. The van der Waals surface area contributed by atoms with E-state index in [1.165, 1.54) is 0 Å². The van der Waals surface area contributed by atoms with Crippen LogP contribution in [0.2, 0.25) is 0 Å². The highest BCUT2D eigenvalue weighted by Gasteiger charge is 2.58. The molecular weight excluding hydrogens is 273 g/mol. The lowest BCUT2D eigenvalue weighted by Gasteiger charge is -2.38. The lowest BCUT2D eigenvalue weighted by Crippen LogP contribution is -2.49. The quantitative estimate of drug-likeness (QED) is 0.550. The van der Waals surface area contributed by atoms with Gasteiger partial charge in [-0.3, -0.25) is 4.79 Å². The molecule has 2 aliphatic rings. The summed E-state index contributed by atoms with van der Waals surface area (Å²) in [6, 6.07) is 0.0885. The Labute approximate surface area is 107 Å². The van der Waals surface area contributed by atoms with Crippen LogP contribution in [0.1, 0.15) is 32.1 Å². The number of hydrogen-bond acceptors (Lipinski definition) is 3. The van der Waals surface area contributed by atoms with Crippen LogP contribution in [0.25, 0.3) is 0 Å². The first-order valence-corrected chi connectivity index (χ1v) is 5.92. The predicted octanol–water partition coefficient (Wildman–Crippen LogP) is 2.43. The average molecular weight is 289 g/mol. The van der Waals surface area contributed by atoms with Gasteiger partial charge in [0.15, 0.2) is 0 Å². The van der Waals surface area contributed by atoms with E-state index in [-0.39, 0.29) is 19.1 Å². The zero-order valence-corrected chi connectivity index (χ0v) is 10.2. The van der Waals surface area contributed by atoms with Gasteiger partial charge in [-0.25, -0.2) is 8.78 Å². The van der Waals surface area contributed by atoms with E-state index in [9.17, 15) is 22.0 Å². The Morgan fingerprint density at radius 2 is 1.63 bits per heavy atom. The van der Waals surface area contributed by atoms with Crippen molar-refractivity contribution in [2.75, 3.05) is 6.61 Å². The predicted molar refractivity (Wildman–Crippen MR) is 56.8 cm³/mol. The molecule has 1 aliphatic heterocycles. The highest BCUT2D eigenvalue weighted by Crippen LogP contribution is 2.48. The largest absolute Gasteiger partial charge is 0.446 e. The van der Waals surface area contributed by atoms with Gasteiger partial charge in [-0.15, -0.1) is 0 Å². The van der Waals surface area contributed by atoms with Gasteiger partial charge in [0.05, 0.1) is 6.61 Å². The number of aldehydes is 1. The van der Waals surface area contributed by atoms with Crippen molar-refractivity contribution in [3.63, 3.8) is 0 Å². The van der Waals surface area contributed by atoms with Crippen molar-refractivity contribution in [1.82, 2.24) is 0 Å². The van der Waals surface area contributed by atoms with Crippen molar-refractivity contribution in [2.24, 2.45) is 5.73 Å². The summed E-state index contributed by atoms with van der Waals surface area (Å²) < 4.78 is 63.4. The molecule has 0 radical (unpaired) electrons. The fraction of sp³-hybridized carbons (Fsp3) is 0.909. The third-order valence-corrected chi connectivity index (χ3v) is 3.43. The minimum Gasteiger partial charge on any atom is -0.368 e. The minimum absolute atomic E-state index is 0.0885. The maximum Gasteiger partial charge on any atom is 0.446 e. The molecule has 2 fully saturated rings. The van der Waals surface area contributed by atoms with Crippen LogP contribution in [0.15, 0.2) is 0 Å². The van der Waals surface area contributed by atoms with Gasteiger partial charge in [-0.2, -0.15) is 13.2 Å². The number of alkyl halides is 5. The maximum atomic E-state index is 13.4. The molecule has 0 bridgehead atoms. The Morgan fingerprint density at radius 3 is 1.95 bits per heavy atom. The molecular formula is C11H16F5NO2. The SMILES string of the molecule is NC1CCC2(CC1)OCCC2(F)F.O=CC(F)(F)F. The molecule has 0 atom stereocenters. The van der Waals surface area contributed by atoms with Gasteiger partial charge in [-0.1, -0.05) is 0 Å². The summed E-state index contributed by atoms with van der Waals surface area (Å²) in [6.45, 7) is 0.197.